The van der Waals surface area contributed by atoms with Crippen LogP contribution in [0.4, 0.5) is 11.5 Å². The second-order valence-electron chi connectivity index (χ2n) is 5.24. The number of nitrogens with zero attached hydrogens (tertiary/aromatic N) is 2. The fourth-order valence-electron chi connectivity index (χ4n) is 2.53. The van der Waals surface area contributed by atoms with E-state index in [9.17, 15) is 4.79 Å². The standard InChI is InChI=1S/C17H12ClN3O2/c1-21-13-9-11(6-7-14(13)23-17(21)22)19-15-8-5-10-3-2-4-12(18)16(10)20-15/h2-9H,1H3,(H,19,20). The molecule has 0 saturated carbocycles. The highest BCUT2D eigenvalue weighted by molar-refractivity contribution is 6.35. The number of oxazole rings is 1. The summed E-state index contributed by atoms with van der Waals surface area (Å²) in [7, 11) is 1.67. The molecule has 5 nitrogen and oxygen atoms in total. The highest BCUT2D eigenvalue weighted by Gasteiger charge is 2.07. The lowest BCUT2D eigenvalue weighted by Crippen LogP contribution is -2.08. The third-order valence-electron chi connectivity index (χ3n) is 3.73. The van der Waals surface area contributed by atoms with E-state index in [2.05, 4.69) is 10.3 Å². The molecule has 23 heavy (non-hydrogen) atoms. The molecule has 0 bridgehead atoms. The number of hydrogen-bond acceptors (Lipinski definition) is 4. The van der Waals surface area contributed by atoms with Crippen molar-refractivity contribution in [1.29, 1.82) is 0 Å². The van der Waals surface area contributed by atoms with Gasteiger partial charge in [-0.25, -0.2) is 9.78 Å². The summed E-state index contributed by atoms with van der Waals surface area (Å²) in [5.41, 5.74) is 2.83. The van der Waals surface area contributed by atoms with Crippen LogP contribution in [0.3, 0.4) is 0 Å². The van der Waals surface area contributed by atoms with Gasteiger partial charge in [-0.15, -0.1) is 0 Å². The maximum atomic E-state index is 11.5. The van der Waals surface area contributed by atoms with Crippen molar-refractivity contribution in [2.45, 2.75) is 0 Å². The lowest BCUT2D eigenvalue weighted by molar-refractivity contribution is 0.528. The third kappa shape index (κ3) is 2.35. The highest BCUT2D eigenvalue weighted by atomic mass is 35.5. The van der Waals surface area contributed by atoms with Gasteiger partial charge in [0.15, 0.2) is 5.58 Å². The monoisotopic (exact) mass is 325 g/mol. The van der Waals surface area contributed by atoms with Crippen LogP contribution < -0.4 is 11.1 Å². The van der Waals surface area contributed by atoms with Gasteiger partial charge >= 0.3 is 5.76 Å². The molecule has 0 radical (unpaired) electrons. The summed E-state index contributed by atoms with van der Waals surface area (Å²) in [6.45, 7) is 0. The number of halogens is 1. The SMILES string of the molecule is Cn1c(=O)oc2ccc(Nc3ccc4cccc(Cl)c4n3)cc21. The molecule has 0 spiro atoms. The first-order chi connectivity index (χ1) is 11.1. The zero-order valence-electron chi connectivity index (χ0n) is 12.2. The molecule has 0 aliphatic carbocycles. The van der Waals surface area contributed by atoms with E-state index in [4.69, 9.17) is 16.0 Å². The van der Waals surface area contributed by atoms with Gasteiger partial charge in [0.1, 0.15) is 5.82 Å². The van der Waals surface area contributed by atoms with Crippen molar-refractivity contribution >= 4 is 45.1 Å². The van der Waals surface area contributed by atoms with Crippen LogP contribution in [0, 0.1) is 0 Å². The summed E-state index contributed by atoms with van der Waals surface area (Å²) in [5.74, 6) is 0.297. The Balaban J connectivity index is 1.76. The number of nitrogens with one attached hydrogen (secondary N) is 1. The number of aryl methyl sites for hydroxylation is 1. The lowest BCUT2D eigenvalue weighted by atomic mass is 10.2. The minimum Gasteiger partial charge on any atom is -0.408 e. The highest BCUT2D eigenvalue weighted by Crippen LogP contribution is 2.25. The van der Waals surface area contributed by atoms with Gasteiger partial charge in [-0.1, -0.05) is 23.7 Å². The number of pyridine rings is 1. The largest absolute Gasteiger partial charge is 0.419 e. The van der Waals surface area contributed by atoms with Crippen molar-refractivity contribution in [2.75, 3.05) is 5.32 Å². The zero-order valence-corrected chi connectivity index (χ0v) is 13.0. The molecule has 114 valence electrons. The summed E-state index contributed by atoms with van der Waals surface area (Å²) in [6.07, 6.45) is 0. The summed E-state index contributed by atoms with van der Waals surface area (Å²) in [5, 5.41) is 4.82. The average molecular weight is 326 g/mol. The number of rotatable bonds is 2. The second kappa shape index (κ2) is 5.14. The number of fused-ring (bicyclic) bond motifs is 2. The van der Waals surface area contributed by atoms with Crippen molar-refractivity contribution in [3.05, 3.63) is 64.1 Å². The average Bonchev–Trinajstić information content (AvgIpc) is 2.83. The van der Waals surface area contributed by atoms with Gasteiger partial charge in [0.25, 0.3) is 0 Å². The van der Waals surface area contributed by atoms with Crippen LogP contribution in [0.25, 0.3) is 22.0 Å². The molecular weight excluding hydrogens is 314 g/mol. The molecule has 1 N–H and O–H groups in total. The van der Waals surface area contributed by atoms with Crippen molar-refractivity contribution in [3.8, 4) is 0 Å². The summed E-state index contributed by atoms with van der Waals surface area (Å²) >= 11 is 6.19. The Hall–Kier alpha value is -2.79. The molecule has 0 aliphatic rings. The van der Waals surface area contributed by atoms with Crippen molar-refractivity contribution in [3.63, 3.8) is 0 Å². The normalized spacial score (nSPS) is 11.2. The molecule has 0 saturated heterocycles. The topological polar surface area (TPSA) is 60.1 Å². The predicted molar refractivity (Wildman–Crippen MR) is 91.5 cm³/mol. The van der Waals surface area contributed by atoms with Gasteiger partial charge in [0.2, 0.25) is 0 Å². The Kier molecular flexibility index (Phi) is 3.09. The molecule has 0 unspecified atom stereocenters. The number of benzene rings is 2. The van der Waals surface area contributed by atoms with Crippen molar-refractivity contribution in [2.24, 2.45) is 7.05 Å². The van der Waals surface area contributed by atoms with Crippen LogP contribution in [-0.2, 0) is 7.05 Å². The quantitative estimate of drug-likeness (QED) is 0.603. The van der Waals surface area contributed by atoms with Crippen LogP contribution >= 0.6 is 11.6 Å². The number of hydrogen-bond donors (Lipinski definition) is 1. The number of aromatic nitrogens is 2. The number of para-hydroxylation sites is 1. The molecule has 4 rings (SSSR count). The first-order valence-electron chi connectivity index (χ1n) is 7.04. The molecule has 0 amide bonds. The van der Waals surface area contributed by atoms with E-state index < -0.39 is 0 Å². The molecule has 2 aromatic carbocycles. The van der Waals surface area contributed by atoms with Crippen LogP contribution in [-0.4, -0.2) is 9.55 Å². The van der Waals surface area contributed by atoms with Crippen molar-refractivity contribution < 1.29 is 4.42 Å². The van der Waals surface area contributed by atoms with E-state index >= 15 is 0 Å². The Labute approximate surface area is 136 Å². The van der Waals surface area contributed by atoms with E-state index in [1.807, 2.05) is 42.5 Å². The molecule has 2 heterocycles. The van der Waals surface area contributed by atoms with Crippen LogP contribution in [0.15, 0.2) is 57.7 Å². The van der Waals surface area contributed by atoms with E-state index in [-0.39, 0.29) is 5.76 Å². The Morgan fingerprint density at radius 3 is 2.91 bits per heavy atom. The molecule has 6 heteroatoms. The minimum atomic E-state index is -0.382. The van der Waals surface area contributed by atoms with E-state index in [1.165, 1.54) is 4.57 Å². The maximum Gasteiger partial charge on any atom is 0.419 e. The van der Waals surface area contributed by atoms with E-state index in [0.717, 1.165) is 22.1 Å². The molecule has 0 atom stereocenters. The molecule has 2 aromatic heterocycles. The summed E-state index contributed by atoms with van der Waals surface area (Å²) < 4.78 is 6.59. The molecule has 0 aliphatic heterocycles. The van der Waals surface area contributed by atoms with Crippen LogP contribution in [0.5, 0.6) is 0 Å². The van der Waals surface area contributed by atoms with E-state index in [1.54, 1.807) is 13.1 Å². The smallest absolute Gasteiger partial charge is 0.408 e. The summed E-state index contributed by atoms with van der Waals surface area (Å²) in [6, 6.07) is 15.0. The van der Waals surface area contributed by atoms with E-state index in [0.29, 0.717) is 16.4 Å². The maximum absolute atomic E-state index is 11.5. The minimum absolute atomic E-state index is 0.382. The van der Waals surface area contributed by atoms with Gasteiger partial charge in [-0.3, -0.25) is 4.57 Å². The first-order valence-corrected chi connectivity index (χ1v) is 7.41. The second-order valence-corrected chi connectivity index (χ2v) is 5.65. The lowest BCUT2D eigenvalue weighted by Gasteiger charge is -2.07. The third-order valence-corrected chi connectivity index (χ3v) is 4.04. The van der Waals surface area contributed by atoms with Crippen molar-refractivity contribution in [1.82, 2.24) is 9.55 Å². The summed E-state index contributed by atoms with van der Waals surface area (Å²) in [4.78, 5) is 16.1. The molecule has 0 fully saturated rings. The molecule has 4 aromatic rings. The Bertz CT molecular complexity index is 1100. The van der Waals surface area contributed by atoms with Gasteiger partial charge in [-0.05, 0) is 36.4 Å². The number of anilines is 2. The van der Waals surface area contributed by atoms with Crippen LogP contribution in [0.2, 0.25) is 5.02 Å². The Morgan fingerprint density at radius 1 is 1.17 bits per heavy atom. The van der Waals surface area contributed by atoms with Gasteiger partial charge in [-0.2, -0.15) is 0 Å². The van der Waals surface area contributed by atoms with Gasteiger partial charge in [0.05, 0.1) is 16.1 Å². The fourth-order valence-corrected chi connectivity index (χ4v) is 2.76. The molecular formula is C17H12ClN3O2. The fraction of sp³-hybridized carbons (Fsp3) is 0.0588. The Morgan fingerprint density at radius 2 is 2.04 bits per heavy atom. The first kappa shape index (κ1) is 13.8. The predicted octanol–water partition coefficient (Wildman–Crippen LogP) is 4.08. The van der Waals surface area contributed by atoms with Gasteiger partial charge in [0, 0.05) is 18.1 Å². The van der Waals surface area contributed by atoms with Crippen LogP contribution in [0.1, 0.15) is 0 Å². The van der Waals surface area contributed by atoms with Gasteiger partial charge < -0.3 is 9.73 Å². The zero-order chi connectivity index (χ0) is 16.0.